The van der Waals surface area contributed by atoms with Crippen molar-refractivity contribution in [1.29, 1.82) is 0 Å². The van der Waals surface area contributed by atoms with E-state index in [1.54, 1.807) is 6.20 Å². The van der Waals surface area contributed by atoms with Crippen LogP contribution in [0.5, 0.6) is 5.75 Å². The Balaban J connectivity index is 0.000000963. The fourth-order valence-corrected chi connectivity index (χ4v) is 2.38. The molecule has 1 N–H and O–H groups in total. The third kappa shape index (κ3) is 2.30. The summed E-state index contributed by atoms with van der Waals surface area (Å²) in [4.78, 5) is 4.20. The number of hydrogen-bond donors (Lipinski definition) is 1. The number of fused-ring (bicyclic) bond motifs is 1. The molecule has 0 aromatic carbocycles. The molecule has 3 rings (SSSR count). The molecule has 0 radical (unpaired) electrons. The summed E-state index contributed by atoms with van der Waals surface area (Å²) in [6, 6.07) is 5.25. The zero-order chi connectivity index (χ0) is 10.3. The number of ether oxygens (including phenoxy) is 1. The van der Waals surface area contributed by atoms with Crippen LogP contribution in [0.2, 0.25) is 0 Å². The van der Waals surface area contributed by atoms with Gasteiger partial charge < -0.3 is 10.1 Å². The summed E-state index contributed by atoms with van der Waals surface area (Å²) in [5.74, 6) is 1.86. The van der Waals surface area contributed by atoms with E-state index in [1.807, 2.05) is 19.1 Å². The molecular weight excluding hydrogens is 224 g/mol. The largest absolute Gasteiger partial charge is 0.490 e. The van der Waals surface area contributed by atoms with Crippen LogP contribution in [0.4, 0.5) is 0 Å². The number of aromatic nitrogens is 1. The molecule has 2 fully saturated rings. The molecule has 3 unspecified atom stereocenters. The van der Waals surface area contributed by atoms with Gasteiger partial charge in [0.1, 0.15) is 12.4 Å². The molecule has 1 saturated heterocycles. The van der Waals surface area contributed by atoms with Crippen LogP contribution in [0.1, 0.15) is 18.5 Å². The molecule has 4 heteroatoms. The Labute approximate surface area is 102 Å². The van der Waals surface area contributed by atoms with Crippen LogP contribution in [0, 0.1) is 12.8 Å². The first kappa shape index (κ1) is 11.7. The van der Waals surface area contributed by atoms with Crippen LogP contribution in [0.25, 0.3) is 0 Å². The standard InChI is InChI=1S/C12H16N2O.ClH/c1-8-12(3-2-4-13-8)15-7-10-5-9-6-11(9)14-10;/h2-4,9-11,14H,5-7H2,1H3;1H. The second kappa shape index (κ2) is 4.60. The Morgan fingerprint density at radius 1 is 1.50 bits per heavy atom. The molecule has 0 amide bonds. The van der Waals surface area contributed by atoms with E-state index in [0.29, 0.717) is 6.04 Å². The van der Waals surface area contributed by atoms with Gasteiger partial charge in [-0.1, -0.05) is 0 Å². The minimum absolute atomic E-state index is 0. The van der Waals surface area contributed by atoms with Crippen LogP contribution in [0.15, 0.2) is 18.3 Å². The average molecular weight is 241 g/mol. The first-order chi connectivity index (χ1) is 7.33. The van der Waals surface area contributed by atoms with Gasteiger partial charge in [-0.3, -0.25) is 4.98 Å². The summed E-state index contributed by atoms with van der Waals surface area (Å²) in [5, 5.41) is 3.57. The molecule has 3 nitrogen and oxygen atoms in total. The Morgan fingerprint density at radius 3 is 3.06 bits per heavy atom. The van der Waals surface area contributed by atoms with Crippen molar-refractivity contribution < 1.29 is 4.74 Å². The lowest BCUT2D eigenvalue weighted by Gasteiger charge is -2.15. The minimum atomic E-state index is 0. The number of nitrogens with one attached hydrogen (secondary N) is 1. The predicted octanol–water partition coefficient (Wildman–Crippen LogP) is 1.94. The highest BCUT2D eigenvalue weighted by molar-refractivity contribution is 5.85. The third-order valence-electron chi connectivity index (χ3n) is 3.36. The van der Waals surface area contributed by atoms with Gasteiger partial charge in [-0.05, 0) is 37.8 Å². The van der Waals surface area contributed by atoms with E-state index in [9.17, 15) is 0 Å². The Kier molecular flexibility index (Phi) is 3.36. The fourth-order valence-electron chi connectivity index (χ4n) is 2.38. The van der Waals surface area contributed by atoms with Gasteiger partial charge in [-0.15, -0.1) is 12.4 Å². The second-order valence-electron chi connectivity index (χ2n) is 4.60. The molecule has 1 saturated carbocycles. The van der Waals surface area contributed by atoms with Crippen LogP contribution in [0.3, 0.4) is 0 Å². The van der Waals surface area contributed by atoms with Gasteiger partial charge in [-0.2, -0.15) is 0 Å². The van der Waals surface area contributed by atoms with Crippen LogP contribution < -0.4 is 10.1 Å². The highest BCUT2D eigenvalue weighted by atomic mass is 35.5. The summed E-state index contributed by atoms with van der Waals surface area (Å²) in [7, 11) is 0. The molecule has 1 aliphatic heterocycles. The number of nitrogens with zero attached hydrogens (tertiary/aromatic N) is 1. The number of halogens is 1. The fraction of sp³-hybridized carbons (Fsp3) is 0.583. The molecule has 0 bridgehead atoms. The molecule has 1 aromatic rings. The maximum absolute atomic E-state index is 5.76. The SMILES string of the molecule is Cc1ncccc1OCC1CC2CC2N1.Cl. The Morgan fingerprint density at radius 2 is 2.38 bits per heavy atom. The highest BCUT2D eigenvalue weighted by Crippen LogP contribution is 2.40. The Hall–Kier alpha value is -0.800. The van der Waals surface area contributed by atoms with E-state index in [4.69, 9.17) is 4.74 Å². The predicted molar refractivity (Wildman–Crippen MR) is 65.2 cm³/mol. The lowest BCUT2D eigenvalue weighted by molar-refractivity contribution is 0.265. The van der Waals surface area contributed by atoms with Gasteiger partial charge in [0.15, 0.2) is 0 Å². The second-order valence-corrected chi connectivity index (χ2v) is 4.60. The quantitative estimate of drug-likeness (QED) is 0.877. The van der Waals surface area contributed by atoms with Gasteiger partial charge in [0, 0.05) is 18.3 Å². The van der Waals surface area contributed by atoms with Crippen molar-refractivity contribution in [3.63, 3.8) is 0 Å². The van der Waals surface area contributed by atoms with Gasteiger partial charge in [0.05, 0.1) is 5.69 Å². The van der Waals surface area contributed by atoms with Crippen molar-refractivity contribution >= 4 is 12.4 Å². The normalized spacial score (nSPS) is 30.4. The zero-order valence-corrected chi connectivity index (χ0v) is 10.2. The molecule has 16 heavy (non-hydrogen) atoms. The van der Waals surface area contributed by atoms with Gasteiger partial charge >= 0.3 is 0 Å². The molecule has 0 spiro atoms. The summed E-state index contributed by atoms with van der Waals surface area (Å²) < 4.78 is 5.76. The molecule has 2 heterocycles. The van der Waals surface area contributed by atoms with Crippen LogP contribution in [-0.2, 0) is 0 Å². The first-order valence-corrected chi connectivity index (χ1v) is 5.63. The lowest BCUT2D eigenvalue weighted by atomic mass is 10.2. The Bertz CT molecular complexity index is 362. The maximum Gasteiger partial charge on any atom is 0.140 e. The van der Waals surface area contributed by atoms with E-state index >= 15 is 0 Å². The van der Waals surface area contributed by atoms with Crippen molar-refractivity contribution in [3.05, 3.63) is 24.0 Å². The van der Waals surface area contributed by atoms with Crippen molar-refractivity contribution in [2.24, 2.45) is 5.92 Å². The third-order valence-corrected chi connectivity index (χ3v) is 3.36. The minimum Gasteiger partial charge on any atom is -0.490 e. The molecular formula is C12H17ClN2O. The molecule has 1 aromatic heterocycles. The van der Waals surface area contributed by atoms with Crippen molar-refractivity contribution in [1.82, 2.24) is 10.3 Å². The zero-order valence-electron chi connectivity index (χ0n) is 9.35. The molecule has 1 aliphatic carbocycles. The number of aryl methyl sites for hydroxylation is 1. The number of rotatable bonds is 3. The summed E-state index contributed by atoms with van der Waals surface area (Å²) in [6.07, 6.45) is 4.46. The molecule has 2 aliphatic rings. The van der Waals surface area contributed by atoms with Gasteiger partial charge in [-0.25, -0.2) is 0 Å². The average Bonchev–Trinajstić information content (AvgIpc) is 2.85. The number of pyridine rings is 1. The summed E-state index contributed by atoms with van der Waals surface area (Å²) in [5.41, 5.74) is 0.973. The van der Waals surface area contributed by atoms with E-state index in [2.05, 4.69) is 10.3 Å². The van der Waals surface area contributed by atoms with Crippen molar-refractivity contribution in [2.45, 2.75) is 31.8 Å². The van der Waals surface area contributed by atoms with Crippen molar-refractivity contribution in [3.8, 4) is 5.75 Å². The molecule has 88 valence electrons. The monoisotopic (exact) mass is 240 g/mol. The van der Waals surface area contributed by atoms with E-state index in [-0.39, 0.29) is 12.4 Å². The highest BCUT2D eigenvalue weighted by Gasteiger charge is 2.45. The smallest absolute Gasteiger partial charge is 0.140 e. The topological polar surface area (TPSA) is 34.1 Å². The summed E-state index contributed by atoms with van der Waals surface area (Å²) in [6.45, 7) is 2.76. The van der Waals surface area contributed by atoms with E-state index in [0.717, 1.165) is 30.0 Å². The summed E-state index contributed by atoms with van der Waals surface area (Å²) >= 11 is 0. The maximum atomic E-state index is 5.76. The van der Waals surface area contributed by atoms with Crippen LogP contribution in [-0.4, -0.2) is 23.7 Å². The van der Waals surface area contributed by atoms with Gasteiger partial charge in [0.25, 0.3) is 0 Å². The number of hydrogen-bond acceptors (Lipinski definition) is 3. The van der Waals surface area contributed by atoms with Crippen molar-refractivity contribution in [2.75, 3.05) is 6.61 Å². The molecule has 3 atom stereocenters. The lowest BCUT2D eigenvalue weighted by Crippen LogP contribution is -2.31. The number of piperidine rings is 1. The van der Waals surface area contributed by atoms with E-state index in [1.165, 1.54) is 12.8 Å². The van der Waals surface area contributed by atoms with E-state index < -0.39 is 0 Å². The van der Waals surface area contributed by atoms with Crippen LogP contribution >= 0.6 is 12.4 Å². The first-order valence-electron chi connectivity index (χ1n) is 5.63. The van der Waals surface area contributed by atoms with Gasteiger partial charge in [0.2, 0.25) is 0 Å².